The second kappa shape index (κ2) is 8.43. The first-order valence-corrected chi connectivity index (χ1v) is 10.5. The van der Waals surface area contributed by atoms with E-state index in [-0.39, 0.29) is 11.3 Å². The molecule has 1 saturated carbocycles. The molecule has 0 aromatic carbocycles. The van der Waals surface area contributed by atoms with Crippen molar-refractivity contribution < 1.29 is 14.3 Å². The smallest absolute Gasteiger partial charge is 0.257 e. The van der Waals surface area contributed by atoms with E-state index >= 15 is 0 Å². The fourth-order valence-electron chi connectivity index (χ4n) is 5.41. The molecule has 7 heteroatoms. The highest BCUT2D eigenvalue weighted by atomic mass is 16.5. The van der Waals surface area contributed by atoms with E-state index in [1.807, 2.05) is 11.8 Å². The SMILES string of the molecule is COC[C@]12CC[C@H](N3CCOCC3)C[C@@H]1CCN(C(=O)c1cnc(C)nc1)C2. The molecule has 1 aromatic rings. The summed E-state index contributed by atoms with van der Waals surface area (Å²) in [4.78, 5) is 26.0. The van der Waals surface area contributed by atoms with Crippen molar-refractivity contribution in [2.75, 3.05) is 53.1 Å². The van der Waals surface area contributed by atoms with E-state index in [2.05, 4.69) is 14.9 Å². The van der Waals surface area contributed by atoms with Gasteiger partial charge in [-0.15, -0.1) is 0 Å². The number of methoxy groups -OCH3 is 1. The van der Waals surface area contributed by atoms with Crippen molar-refractivity contribution in [1.29, 1.82) is 0 Å². The molecule has 3 aliphatic rings. The number of amides is 1. The lowest BCUT2D eigenvalue weighted by molar-refractivity contribution is -0.0792. The van der Waals surface area contributed by atoms with Crippen molar-refractivity contribution in [1.82, 2.24) is 19.8 Å². The van der Waals surface area contributed by atoms with E-state index in [0.29, 0.717) is 23.3 Å². The first-order valence-electron chi connectivity index (χ1n) is 10.5. The molecule has 7 nitrogen and oxygen atoms in total. The number of morpholine rings is 1. The average Bonchev–Trinajstić information content (AvgIpc) is 2.74. The van der Waals surface area contributed by atoms with E-state index in [1.54, 1.807) is 19.5 Å². The molecule has 0 bridgehead atoms. The summed E-state index contributed by atoms with van der Waals surface area (Å²) < 4.78 is 11.2. The van der Waals surface area contributed by atoms with Crippen LogP contribution < -0.4 is 0 Å². The van der Waals surface area contributed by atoms with Gasteiger partial charge in [-0.3, -0.25) is 9.69 Å². The Bertz CT molecular complexity index is 677. The summed E-state index contributed by atoms with van der Waals surface area (Å²) in [6, 6.07) is 0.645. The largest absolute Gasteiger partial charge is 0.384 e. The van der Waals surface area contributed by atoms with Crippen LogP contribution in [-0.4, -0.2) is 84.8 Å². The number of carbonyl (C=O) groups excluding carboxylic acids is 1. The lowest BCUT2D eigenvalue weighted by Crippen LogP contribution is -2.58. The van der Waals surface area contributed by atoms with Crippen molar-refractivity contribution >= 4 is 5.91 Å². The van der Waals surface area contributed by atoms with Gasteiger partial charge in [-0.05, 0) is 38.5 Å². The number of hydrogen-bond acceptors (Lipinski definition) is 6. The molecule has 2 aliphatic heterocycles. The molecule has 3 atom stereocenters. The summed E-state index contributed by atoms with van der Waals surface area (Å²) >= 11 is 0. The minimum Gasteiger partial charge on any atom is -0.384 e. The number of nitrogens with zero attached hydrogens (tertiary/aromatic N) is 4. The Morgan fingerprint density at radius 3 is 2.71 bits per heavy atom. The zero-order valence-electron chi connectivity index (χ0n) is 17.1. The quantitative estimate of drug-likeness (QED) is 0.783. The maximum atomic E-state index is 13.0. The van der Waals surface area contributed by atoms with Gasteiger partial charge in [0, 0.05) is 57.1 Å². The number of rotatable bonds is 4. The van der Waals surface area contributed by atoms with Crippen LogP contribution in [-0.2, 0) is 9.47 Å². The van der Waals surface area contributed by atoms with Gasteiger partial charge in [0.25, 0.3) is 5.91 Å². The van der Waals surface area contributed by atoms with E-state index in [9.17, 15) is 4.79 Å². The monoisotopic (exact) mass is 388 g/mol. The minimum atomic E-state index is 0.0456. The van der Waals surface area contributed by atoms with Crippen LogP contribution in [0.5, 0.6) is 0 Å². The highest BCUT2D eigenvalue weighted by Crippen LogP contribution is 2.48. The molecule has 3 fully saturated rings. The average molecular weight is 389 g/mol. The Kier molecular flexibility index (Phi) is 5.94. The molecule has 0 N–H and O–H groups in total. The number of fused-ring (bicyclic) bond motifs is 1. The summed E-state index contributed by atoms with van der Waals surface area (Å²) in [5.74, 6) is 1.34. The third-order valence-electron chi connectivity index (χ3n) is 6.96. The summed E-state index contributed by atoms with van der Waals surface area (Å²) in [5.41, 5.74) is 0.649. The van der Waals surface area contributed by atoms with Crippen LogP contribution in [0.15, 0.2) is 12.4 Å². The van der Waals surface area contributed by atoms with Crippen molar-refractivity contribution in [3.63, 3.8) is 0 Å². The predicted octanol–water partition coefficient (Wildman–Crippen LogP) is 1.76. The first-order chi connectivity index (χ1) is 13.6. The second-order valence-electron chi connectivity index (χ2n) is 8.60. The lowest BCUT2D eigenvalue weighted by Gasteiger charge is -2.54. The van der Waals surface area contributed by atoms with E-state index < -0.39 is 0 Å². The van der Waals surface area contributed by atoms with Crippen LogP contribution in [0.2, 0.25) is 0 Å². The molecule has 28 heavy (non-hydrogen) atoms. The first kappa shape index (κ1) is 19.7. The molecule has 0 spiro atoms. The Hall–Kier alpha value is -1.57. The van der Waals surface area contributed by atoms with Crippen LogP contribution in [0.1, 0.15) is 41.9 Å². The van der Waals surface area contributed by atoms with E-state index in [4.69, 9.17) is 9.47 Å². The third kappa shape index (κ3) is 3.93. The van der Waals surface area contributed by atoms with E-state index in [0.717, 1.165) is 58.8 Å². The number of piperidine rings is 1. The molecule has 3 heterocycles. The van der Waals surface area contributed by atoms with Gasteiger partial charge in [0.15, 0.2) is 0 Å². The van der Waals surface area contributed by atoms with Crippen LogP contribution >= 0.6 is 0 Å². The van der Waals surface area contributed by atoms with Crippen molar-refractivity contribution in [2.24, 2.45) is 11.3 Å². The van der Waals surface area contributed by atoms with Gasteiger partial charge < -0.3 is 14.4 Å². The summed E-state index contributed by atoms with van der Waals surface area (Å²) in [7, 11) is 1.79. The van der Waals surface area contributed by atoms with Crippen LogP contribution in [0.25, 0.3) is 0 Å². The second-order valence-corrected chi connectivity index (χ2v) is 8.60. The van der Waals surface area contributed by atoms with Crippen LogP contribution in [0, 0.1) is 18.3 Å². The fourth-order valence-corrected chi connectivity index (χ4v) is 5.41. The molecule has 4 rings (SSSR count). The van der Waals surface area contributed by atoms with E-state index in [1.165, 1.54) is 12.8 Å². The number of carbonyl (C=O) groups is 1. The van der Waals surface area contributed by atoms with Gasteiger partial charge in [0.05, 0.1) is 25.4 Å². The Balaban J connectivity index is 1.46. The zero-order chi connectivity index (χ0) is 19.6. The normalized spacial score (nSPS) is 31.4. The topological polar surface area (TPSA) is 67.8 Å². The van der Waals surface area contributed by atoms with Crippen molar-refractivity contribution in [3.8, 4) is 0 Å². The zero-order valence-corrected chi connectivity index (χ0v) is 17.1. The summed E-state index contributed by atoms with van der Waals surface area (Å²) in [5, 5.41) is 0. The molecule has 2 saturated heterocycles. The van der Waals surface area contributed by atoms with Crippen molar-refractivity contribution in [3.05, 3.63) is 23.8 Å². The summed E-state index contributed by atoms with van der Waals surface area (Å²) in [6.45, 7) is 7.94. The molecule has 1 amide bonds. The van der Waals surface area contributed by atoms with Gasteiger partial charge in [-0.2, -0.15) is 0 Å². The molecular weight excluding hydrogens is 356 g/mol. The molecular formula is C21H32N4O3. The predicted molar refractivity (Wildman–Crippen MR) is 105 cm³/mol. The number of aryl methyl sites for hydroxylation is 1. The maximum absolute atomic E-state index is 13.0. The number of likely N-dealkylation sites (tertiary alicyclic amines) is 1. The van der Waals surface area contributed by atoms with Gasteiger partial charge >= 0.3 is 0 Å². The van der Waals surface area contributed by atoms with Crippen LogP contribution in [0.4, 0.5) is 0 Å². The maximum Gasteiger partial charge on any atom is 0.257 e. The van der Waals surface area contributed by atoms with Gasteiger partial charge in [0.2, 0.25) is 0 Å². The van der Waals surface area contributed by atoms with Gasteiger partial charge in [0.1, 0.15) is 5.82 Å². The van der Waals surface area contributed by atoms with Gasteiger partial charge in [-0.25, -0.2) is 9.97 Å². The highest BCUT2D eigenvalue weighted by molar-refractivity contribution is 5.93. The van der Waals surface area contributed by atoms with Gasteiger partial charge in [-0.1, -0.05) is 0 Å². The molecule has 1 aliphatic carbocycles. The number of ether oxygens (including phenoxy) is 2. The number of hydrogen-bond donors (Lipinski definition) is 0. The minimum absolute atomic E-state index is 0.0456. The lowest BCUT2D eigenvalue weighted by atomic mass is 9.61. The molecule has 1 aromatic heterocycles. The Morgan fingerprint density at radius 1 is 1.25 bits per heavy atom. The number of aromatic nitrogens is 2. The van der Waals surface area contributed by atoms with Crippen molar-refractivity contribution in [2.45, 2.75) is 38.6 Å². The standard InChI is InChI=1S/C21H32N4O3/c1-16-22-12-17(13-23-16)20(26)25-6-4-18-11-19(24-7-9-28-10-8-24)3-5-21(18,14-25)15-27-2/h12-13,18-19H,3-11,14-15H2,1-2H3/t18-,19-,21+/m0/s1. The molecule has 154 valence electrons. The Morgan fingerprint density at radius 2 is 2.00 bits per heavy atom. The van der Waals surface area contributed by atoms with Crippen LogP contribution in [0.3, 0.4) is 0 Å². The fraction of sp³-hybridized carbons (Fsp3) is 0.762. The Labute approximate surface area is 167 Å². The third-order valence-corrected chi connectivity index (χ3v) is 6.96. The molecule has 0 unspecified atom stereocenters. The highest BCUT2D eigenvalue weighted by Gasteiger charge is 2.48. The summed E-state index contributed by atoms with van der Waals surface area (Å²) in [6.07, 6.45) is 7.84. The molecule has 0 radical (unpaired) electrons.